The number of nitrogens with zero attached hydrogens (tertiary/aromatic N) is 1. The van der Waals surface area contributed by atoms with Crippen LogP contribution in [-0.2, 0) is 4.79 Å². The van der Waals surface area contributed by atoms with Crippen molar-refractivity contribution in [2.45, 2.75) is 6.92 Å². The molecule has 25 heavy (non-hydrogen) atoms. The Morgan fingerprint density at radius 1 is 1.24 bits per heavy atom. The van der Waals surface area contributed by atoms with Gasteiger partial charge in [-0.2, -0.15) is 5.26 Å². The normalized spacial score (nSPS) is 10.7. The summed E-state index contributed by atoms with van der Waals surface area (Å²) in [6.07, 6.45) is 1.52. The van der Waals surface area contributed by atoms with Crippen LogP contribution in [-0.4, -0.2) is 19.6 Å². The first kappa shape index (κ1) is 18.8. The topological polar surface area (TPSA) is 71.3 Å². The number of anilines is 1. The fraction of sp³-hybridized carbons (Fsp3) is 0.158. The van der Waals surface area contributed by atoms with E-state index in [0.29, 0.717) is 29.4 Å². The highest BCUT2D eigenvalue weighted by atomic mass is 127. The molecule has 0 saturated heterocycles. The number of carbonyl (C=O) groups excluding carboxylic acids is 1. The summed E-state index contributed by atoms with van der Waals surface area (Å²) >= 11 is 2.18. The van der Waals surface area contributed by atoms with Crippen molar-refractivity contribution in [2.75, 3.05) is 19.0 Å². The van der Waals surface area contributed by atoms with Crippen LogP contribution < -0.4 is 14.8 Å². The van der Waals surface area contributed by atoms with Crippen LogP contribution in [0.3, 0.4) is 0 Å². The third-order valence-electron chi connectivity index (χ3n) is 3.27. The fourth-order valence-electron chi connectivity index (χ4n) is 2.10. The van der Waals surface area contributed by atoms with Crippen LogP contribution >= 0.6 is 22.6 Å². The summed E-state index contributed by atoms with van der Waals surface area (Å²) in [5.74, 6) is 0.701. The van der Waals surface area contributed by atoms with Crippen molar-refractivity contribution in [3.8, 4) is 17.6 Å². The third-order valence-corrected chi connectivity index (χ3v) is 3.98. The number of ether oxygens (including phenoxy) is 2. The van der Waals surface area contributed by atoms with Gasteiger partial charge in [-0.15, -0.1) is 0 Å². The first-order valence-corrected chi connectivity index (χ1v) is 8.64. The minimum atomic E-state index is -0.461. The number of benzene rings is 2. The van der Waals surface area contributed by atoms with Gasteiger partial charge in [-0.05, 0) is 77.6 Å². The van der Waals surface area contributed by atoms with Crippen LogP contribution in [0.1, 0.15) is 12.5 Å². The third kappa shape index (κ3) is 5.22. The Bertz CT molecular complexity index is 824. The lowest BCUT2D eigenvalue weighted by atomic mass is 10.1. The maximum absolute atomic E-state index is 12.3. The van der Waals surface area contributed by atoms with Gasteiger partial charge in [0.25, 0.3) is 5.91 Å². The molecule has 2 aromatic rings. The summed E-state index contributed by atoms with van der Waals surface area (Å²) in [5.41, 5.74) is 1.32. The van der Waals surface area contributed by atoms with Gasteiger partial charge in [-0.3, -0.25) is 4.79 Å². The highest BCUT2D eigenvalue weighted by Gasteiger charge is 2.11. The van der Waals surface area contributed by atoms with E-state index in [1.165, 1.54) is 6.08 Å². The molecule has 0 aromatic heterocycles. The number of hydrogen-bond donors (Lipinski definition) is 1. The first-order chi connectivity index (χ1) is 12.1. The average Bonchev–Trinajstić information content (AvgIpc) is 2.62. The van der Waals surface area contributed by atoms with E-state index in [-0.39, 0.29) is 5.57 Å². The van der Waals surface area contributed by atoms with E-state index >= 15 is 0 Å². The van der Waals surface area contributed by atoms with Crippen molar-refractivity contribution >= 4 is 40.3 Å². The Morgan fingerprint density at radius 2 is 1.96 bits per heavy atom. The zero-order chi connectivity index (χ0) is 18.2. The van der Waals surface area contributed by atoms with E-state index in [2.05, 4.69) is 27.9 Å². The molecule has 0 heterocycles. The standard InChI is InChI=1S/C19H17IN2O3/c1-3-25-18-11-13(4-9-17(18)24-2)10-14(12-21)19(23)22-16-7-5-15(20)6-8-16/h4-11H,3H2,1-2H3,(H,22,23)/b14-10-. The fourth-order valence-corrected chi connectivity index (χ4v) is 2.46. The van der Waals surface area contributed by atoms with Gasteiger partial charge >= 0.3 is 0 Å². The quantitative estimate of drug-likeness (QED) is 0.408. The molecule has 0 bridgehead atoms. The van der Waals surface area contributed by atoms with Gasteiger partial charge in [0.15, 0.2) is 11.5 Å². The Balaban J connectivity index is 2.24. The van der Waals surface area contributed by atoms with Gasteiger partial charge in [0.1, 0.15) is 11.6 Å². The predicted molar refractivity (Wildman–Crippen MR) is 106 cm³/mol. The Hall–Kier alpha value is -2.53. The lowest BCUT2D eigenvalue weighted by Crippen LogP contribution is -2.13. The van der Waals surface area contributed by atoms with Crippen LogP contribution in [0.25, 0.3) is 6.08 Å². The van der Waals surface area contributed by atoms with Crippen molar-refractivity contribution in [1.82, 2.24) is 0 Å². The Labute approximate surface area is 160 Å². The molecule has 0 radical (unpaired) electrons. The van der Waals surface area contributed by atoms with Crippen molar-refractivity contribution in [3.63, 3.8) is 0 Å². The van der Waals surface area contributed by atoms with E-state index in [1.807, 2.05) is 25.1 Å². The minimum absolute atomic E-state index is 0.00571. The molecule has 2 aromatic carbocycles. The molecule has 0 atom stereocenters. The lowest BCUT2D eigenvalue weighted by molar-refractivity contribution is -0.112. The molecule has 5 nitrogen and oxygen atoms in total. The number of halogens is 1. The molecule has 0 unspecified atom stereocenters. The van der Waals surface area contributed by atoms with Crippen molar-refractivity contribution in [2.24, 2.45) is 0 Å². The highest BCUT2D eigenvalue weighted by molar-refractivity contribution is 14.1. The van der Waals surface area contributed by atoms with Gasteiger partial charge in [-0.1, -0.05) is 6.07 Å². The van der Waals surface area contributed by atoms with Crippen LogP contribution in [0.15, 0.2) is 48.0 Å². The molecular formula is C19H17IN2O3. The van der Waals surface area contributed by atoms with E-state index in [0.717, 1.165) is 3.57 Å². The van der Waals surface area contributed by atoms with E-state index in [1.54, 1.807) is 37.4 Å². The maximum Gasteiger partial charge on any atom is 0.266 e. The number of nitrogens with one attached hydrogen (secondary N) is 1. The lowest BCUT2D eigenvalue weighted by Gasteiger charge is -2.10. The molecular weight excluding hydrogens is 431 g/mol. The zero-order valence-corrected chi connectivity index (χ0v) is 16.0. The van der Waals surface area contributed by atoms with Gasteiger partial charge in [0.2, 0.25) is 0 Å². The van der Waals surface area contributed by atoms with Crippen LogP contribution in [0.5, 0.6) is 11.5 Å². The van der Waals surface area contributed by atoms with Crippen LogP contribution in [0.4, 0.5) is 5.69 Å². The minimum Gasteiger partial charge on any atom is -0.493 e. The van der Waals surface area contributed by atoms with Crippen molar-refractivity contribution < 1.29 is 14.3 Å². The van der Waals surface area contributed by atoms with E-state index in [4.69, 9.17) is 9.47 Å². The zero-order valence-electron chi connectivity index (χ0n) is 13.9. The molecule has 0 aliphatic heterocycles. The summed E-state index contributed by atoms with van der Waals surface area (Å²) in [6, 6.07) is 14.5. The molecule has 1 N–H and O–H groups in total. The van der Waals surface area contributed by atoms with E-state index < -0.39 is 5.91 Å². The van der Waals surface area contributed by atoms with Gasteiger partial charge in [0.05, 0.1) is 13.7 Å². The summed E-state index contributed by atoms with van der Waals surface area (Å²) in [5, 5.41) is 12.0. The summed E-state index contributed by atoms with van der Waals surface area (Å²) < 4.78 is 11.8. The SMILES string of the molecule is CCOc1cc(/C=C(/C#N)C(=O)Nc2ccc(I)cc2)ccc1OC. The van der Waals surface area contributed by atoms with Gasteiger partial charge in [0, 0.05) is 9.26 Å². The monoisotopic (exact) mass is 448 g/mol. The molecule has 128 valence electrons. The van der Waals surface area contributed by atoms with Crippen molar-refractivity contribution in [1.29, 1.82) is 5.26 Å². The summed E-state index contributed by atoms with van der Waals surface area (Å²) in [7, 11) is 1.56. The number of carbonyl (C=O) groups is 1. The highest BCUT2D eigenvalue weighted by Crippen LogP contribution is 2.29. The predicted octanol–water partition coefficient (Wildman–Crippen LogP) is 4.24. The Kier molecular flexibility index (Phi) is 6.83. The van der Waals surface area contributed by atoms with E-state index in [9.17, 15) is 10.1 Å². The van der Waals surface area contributed by atoms with Gasteiger partial charge < -0.3 is 14.8 Å². The van der Waals surface area contributed by atoms with Crippen molar-refractivity contribution in [3.05, 3.63) is 57.2 Å². The molecule has 0 aliphatic carbocycles. The molecule has 2 rings (SSSR count). The Morgan fingerprint density at radius 3 is 2.56 bits per heavy atom. The second kappa shape index (κ2) is 9.08. The molecule has 6 heteroatoms. The number of nitriles is 1. The number of amides is 1. The number of hydrogen-bond acceptors (Lipinski definition) is 4. The smallest absolute Gasteiger partial charge is 0.266 e. The average molecular weight is 448 g/mol. The summed E-state index contributed by atoms with van der Waals surface area (Å²) in [6.45, 7) is 2.36. The molecule has 1 amide bonds. The molecule has 0 aliphatic rings. The first-order valence-electron chi connectivity index (χ1n) is 7.57. The molecule has 0 saturated carbocycles. The second-order valence-corrected chi connectivity index (χ2v) is 6.22. The second-order valence-electron chi connectivity index (χ2n) is 4.97. The largest absolute Gasteiger partial charge is 0.493 e. The van der Waals surface area contributed by atoms with Crippen LogP contribution in [0, 0.1) is 14.9 Å². The number of methoxy groups -OCH3 is 1. The molecule has 0 spiro atoms. The molecule has 0 fully saturated rings. The van der Waals surface area contributed by atoms with Crippen LogP contribution in [0.2, 0.25) is 0 Å². The van der Waals surface area contributed by atoms with Gasteiger partial charge in [-0.25, -0.2) is 0 Å². The number of rotatable bonds is 6. The summed E-state index contributed by atoms with van der Waals surface area (Å²) in [4.78, 5) is 12.3. The maximum atomic E-state index is 12.3.